The van der Waals surface area contributed by atoms with Crippen LogP contribution in [-0.4, -0.2) is 5.97 Å². The van der Waals surface area contributed by atoms with Gasteiger partial charge in [0, 0.05) is 5.02 Å². The molecule has 1 aromatic rings. The number of esters is 1. The van der Waals surface area contributed by atoms with Crippen molar-refractivity contribution in [3.05, 3.63) is 46.7 Å². The molecule has 1 aromatic carbocycles. The van der Waals surface area contributed by atoms with Gasteiger partial charge < -0.3 is 4.74 Å². The molecule has 0 bridgehead atoms. The average Bonchev–Trinajstić information content (AvgIpc) is 2.35. The van der Waals surface area contributed by atoms with E-state index < -0.39 is 5.97 Å². The summed E-state index contributed by atoms with van der Waals surface area (Å²) in [6.07, 6.45) is 0.893. The smallest absolute Gasteiger partial charge is 0.342 e. The molecule has 0 saturated carbocycles. The number of ether oxygens (including phenoxy) is 1. The maximum atomic E-state index is 11.5. The van der Waals surface area contributed by atoms with Crippen molar-refractivity contribution in [3.63, 3.8) is 0 Å². The summed E-state index contributed by atoms with van der Waals surface area (Å²) in [5.41, 5.74) is 0.412. The van der Waals surface area contributed by atoms with Crippen LogP contribution in [0.4, 0.5) is 0 Å². The summed E-state index contributed by atoms with van der Waals surface area (Å²) in [6.45, 7) is 0. The van der Waals surface area contributed by atoms with E-state index in [4.69, 9.17) is 26.9 Å². The fourth-order valence-corrected chi connectivity index (χ4v) is 1.10. The largest absolute Gasteiger partial charge is 0.430 e. The molecule has 0 aromatic heterocycles. The van der Waals surface area contributed by atoms with E-state index in [1.807, 2.05) is 0 Å². The number of allylic oxidation sites excluding steroid dienone is 1. The zero-order valence-electron chi connectivity index (χ0n) is 8.68. The molecule has 0 spiro atoms. The highest BCUT2D eigenvalue weighted by Gasteiger charge is 2.06. The van der Waals surface area contributed by atoms with Crippen molar-refractivity contribution >= 4 is 17.6 Å². The van der Waals surface area contributed by atoms with Crippen LogP contribution >= 0.6 is 11.6 Å². The standard InChI is InChI=1S/C12H7ClN2O2/c13-11-3-1-10(2-4-11)12(16)17-8-9(7-15)5-6-14/h1-4,8H,5H2. The van der Waals surface area contributed by atoms with Gasteiger partial charge in [0.1, 0.15) is 6.26 Å². The molecule has 5 heteroatoms. The fraction of sp³-hybridized carbons (Fsp3) is 0.0833. The van der Waals surface area contributed by atoms with Crippen molar-refractivity contribution in [2.45, 2.75) is 6.42 Å². The van der Waals surface area contributed by atoms with Gasteiger partial charge in [-0.15, -0.1) is 0 Å². The number of carbonyl (C=O) groups is 1. The normalized spacial score (nSPS) is 10.2. The first-order valence-corrected chi connectivity index (χ1v) is 4.98. The third-order valence-electron chi connectivity index (χ3n) is 1.80. The predicted molar refractivity (Wildman–Crippen MR) is 60.8 cm³/mol. The van der Waals surface area contributed by atoms with Crippen molar-refractivity contribution < 1.29 is 9.53 Å². The number of benzene rings is 1. The Morgan fingerprint density at radius 3 is 2.53 bits per heavy atom. The van der Waals surface area contributed by atoms with Crippen LogP contribution in [-0.2, 0) is 4.74 Å². The third-order valence-corrected chi connectivity index (χ3v) is 2.05. The van der Waals surface area contributed by atoms with Crippen molar-refractivity contribution in [1.29, 1.82) is 10.5 Å². The number of nitrogens with zero attached hydrogens (tertiary/aromatic N) is 2. The van der Waals surface area contributed by atoms with Crippen LogP contribution in [0.1, 0.15) is 16.8 Å². The Hall–Kier alpha value is -2.30. The topological polar surface area (TPSA) is 73.9 Å². The molecule has 0 amide bonds. The van der Waals surface area contributed by atoms with Gasteiger partial charge in [-0.05, 0) is 24.3 Å². The van der Waals surface area contributed by atoms with Crippen LogP contribution in [0.15, 0.2) is 36.1 Å². The van der Waals surface area contributed by atoms with E-state index in [1.54, 1.807) is 24.3 Å². The molecule has 0 aliphatic carbocycles. The number of halogens is 1. The van der Waals surface area contributed by atoms with Gasteiger partial charge in [0.2, 0.25) is 0 Å². The Bertz CT molecular complexity index is 521. The first kappa shape index (κ1) is 12.8. The Kier molecular flexibility index (Phi) is 4.75. The van der Waals surface area contributed by atoms with E-state index >= 15 is 0 Å². The second-order valence-corrected chi connectivity index (χ2v) is 3.44. The summed E-state index contributed by atoms with van der Waals surface area (Å²) in [4.78, 5) is 11.5. The second kappa shape index (κ2) is 6.32. The van der Waals surface area contributed by atoms with Crippen LogP contribution in [0, 0.1) is 22.7 Å². The SMILES string of the molecule is N#CCC(C#N)=COC(=O)c1ccc(Cl)cc1. The summed E-state index contributed by atoms with van der Waals surface area (Å²) in [5, 5.41) is 17.5. The van der Waals surface area contributed by atoms with E-state index in [-0.39, 0.29) is 12.0 Å². The highest BCUT2D eigenvalue weighted by molar-refractivity contribution is 6.30. The molecule has 0 aliphatic rings. The van der Waals surface area contributed by atoms with Gasteiger partial charge in [0.15, 0.2) is 0 Å². The Labute approximate surface area is 103 Å². The number of hydrogen-bond acceptors (Lipinski definition) is 4. The van der Waals surface area contributed by atoms with Crippen LogP contribution < -0.4 is 0 Å². The lowest BCUT2D eigenvalue weighted by Gasteiger charge is -1.99. The maximum Gasteiger partial charge on any atom is 0.342 e. The minimum atomic E-state index is -0.604. The van der Waals surface area contributed by atoms with E-state index in [0.29, 0.717) is 10.6 Å². The summed E-state index contributed by atoms with van der Waals surface area (Å²) in [6, 6.07) is 9.68. The molecule has 0 unspecified atom stereocenters. The highest BCUT2D eigenvalue weighted by Crippen LogP contribution is 2.11. The molecule has 0 radical (unpaired) electrons. The van der Waals surface area contributed by atoms with E-state index in [1.165, 1.54) is 12.1 Å². The Balaban J connectivity index is 2.71. The molecule has 0 atom stereocenters. The fourth-order valence-electron chi connectivity index (χ4n) is 0.971. The van der Waals surface area contributed by atoms with Crippen molar-refractivity contribution in [1.82, 2.24) is 0 Å². The number of hydrogen-bond donors (Lipinski definition) is 0. The van der Waals surface area contributed by atoms with Crippen LogP contribution in [0.2, 0.25) is 5.02 Å². The van der Waals surface area contributed by atoms with E-state index in [0.717, 1.165) is 6.26 Å². The number of rotatable bonds is 3. The molecule has 0 fully saturated rings. The molecular formula is C12H7ClN2O2. The molecule has 1 rings (SSSR count). The van der Waals surface area contributed by atoms with Gasteiger partial charge in [-0.3, -0.25) is 0 Å². The molecule has 0 saturated heterocycles. The summed E-state index contributed by atoms with van der Waals surface area (Å²) >= 11 is 5.66. The quantitative estimate of drug-likeness (QED) is 0.467. The zero-order valence-corrected chi connectivity index (χ0v) is 9.44. The maximum absolute atomic E-state index is 11.5. The van der Waals surface area contributed by atoms with Crippen LogP contribution in [0.3, 0.4) is 0 Å². The lowest BCUT2D eigenvalue weighted by molar-refractivity contribution is 0.0661. The third kappa shape index (κ3) is 3.98. The molecule has 0 aliphatic heterocycles. The first-order chi connectivity index (χ1) is 8.17. The average molecular weight is 247 g/mol. The van der Waals surface area contributed by atoms with Gasteiger partial charge in [-0.25, -0.2) is 4.79 Å². The number of carbonyl (C=O) groups excluding carboxylic acids is 1. The minimum Gasteiger partial charge on any atom is -0.430 e. The van der Waals surface area contributed by atoms with Gasteiger partial charge >= 0.3 is 5.97 Å². The van der Waals surface area contributed by atoms with Gasteiger partial charge in [0.25, 0.3) is 0 Å². The molecule has 0 heterocycles. The summed E-state index contributed by atoms with van der Waals surface area (Å²) in [7, 11) is 0. The molecule has 4 nitrogen and oxygen atoms in total. The molecule has 0 N–H and O–H groups in total. The minimum absolute atomic E-state index is 0.0924. The molecule has 84 valence electrons. The Morgan fingerprint density at radius 2 is 2.00 bits per heavy atom. The Morgan fingerprint density at radius 1 is 1.35 bits per heavy atom. The van der Waals surface area contributed by atoms with Gasteiger partial charge in [-0.2, -0.15) is 10.5 Å². The zero-order chi connectivity index (χ0) is 12.7. The summed E-state index contributed by atoms with van der Waals surface area (Å²) in [5.74, 6) is -0.604. The van der Waals surface area contributed by atoms with Crippen molar-refractivity contribution in [2.24, 2.45) is 0 Å². The van der Waals surface area contributed by atoms with Crippen LogP contribution in [0.25, 0.3) is 0 Å². The predicted octanol–water partition coefficient (Wildman–Crippen LogP) is 2.82. The lowest BCUT2D eigenvalue weighted by Crippen LogP contribution is -2.00. The van der Waals surface area contributed by atoms with Gasteiger partial charge in [0.05, 0.1) is 29.7 Å². The van der Waals surface area contributed by atoms with E-state index in [2.05, 4.69) is 0 Å². The first-order valence-electron chi connectivity index (χ1n) is 4.60. The second-order valence-electron chi connectivity index (χ2n) is 3.00. The van der Waals surface area contributed by atoms with Crippen molar-refractivity contribution in [2.75, 3.05) is 0 Å². The highest BCUT2D eigenvalue weighted by atomic mass is 35.5. The number of nitriles is 2. The van der Waals surface area contributed by atoms with E-state index in [9.17, 15) is 4.79 Å². The van der Waals surface area contributed by atoms with Crippen LogP contribution in [0.5, 0.6) is 0 Å². The molecular weight excluding hydrogens is 240 g/mol. The summed E-state index contributed by atoms with van der Waals surface area (Å²) < 4.78 is 4.76. The van der Waals surface area contributed by atoms with Crippen molar-refractivity contribution in [3.8, 4) is 12.1 Å². The monoisotopic (exact) mass is 246 g/mol. The molecule has 17 heavy (non-hydrogen) atoms. The van der Waals surface area contributed by atoms with Gasteiger partial charge in [-0.1, -0.05) is 11.6 Å². The lowest BCUT2D eigenvalue weighted by atomic mass is 10.2.